The van der Waals surface area contributed by atoms with Crippen LogP contribution in [0.25, 0.3) is 0 Å². The molecule has 1 atom stereocenters. The Bertz CT molecular complexity index is 443. The van der Waals surface area contributed by atoms with Crippen LogP contribution < -0.4 is 10.2 Å². The minimum Gasteiger partial charge on any atom is -0.464 e. The maximum Gasteiger partial charge on any atom is 0.358 e. The van der Waals surface area contributed by atoms with Gasteiger partial charge in [0.05, 0.1) is 7.11 Å². The predicted octanol–water partition coefficient (Wildman–Crippen LogP) is 1.62. The monoisotopic (exact) mass is 292 g/mol. The molecule has 0 saturated carbocycles. The third kappa shape index (κ3) is 4.39. The van der Waals surface area contributed by atoms with E-state index in [-0.39, 0.29) is 5.69 Å². The fourth-order valence-electron chi connectivity index (χ4n) is 2.62. The van der Waals surface area contributed by atoms with Gasteiger partial charge >= 0.3 is 5.97 Å². The molecule has 2 heterocycles. The van der Waals surface area contributed by atoms with E-state index in [0.29, 0.717) is 6.04 Å². The normalized spacial score (nSPS) is 18.3. The number of carbonyl (C=O) groups excluding carboxylic acids is 1. The van der Waals surface area contributed by atoms with E-state index in [9.17, 15) is 4.79 Å². The molecule has 6 heteroatoms. The molecular formula is C15H24N4O2. The first-order valence-electron chi connectivity index (χ1n) is 7.65. The van der Waals surface area contributed by atoms with Gasteiger partial charge in [-0.25, -0.2) is 4.79 Å². The van der Waals surface area contributed by atoms with Gasteiger partial charge < -0.3 is 15.0 Å². The molecule has 116 valence electrons. The summed E-state index contributed by atoms with van der Waals surface area (Å²) >= 11 is 0. The molecule has 1 unspecified atom stereocenters. The van der Waals surface area contributed by atoms with Gasteiger partial charge in [0.25, 0.3) is 0 Å². The summed E-state index contributed by atoms with van der Waals surface area (Å²) in [6.45, 7) is 5.11. The summed E-state index contributed by atoms with van der Waals surface area (Å²) in [4.78, 5) is 13.6. The van der Waals surface area contributed by atoms with Gasteiger partial charge in [-0.15, -0.1) is 10.2 Å². The highest BCUT2D eigenvalue weighted by atomic mass is 16.5. The Morgan fingerprint density at radius 1 is 1.43 bits per heavy atom. The van der Waals surface area contributed by atoms with Gasteiger partial charge in [-0.3, -0.25) is 0 Å². The number of nitrogens with one attached hydrogen (secondary N) is 1. The number of nitrogens with zero attached hydrogens (tertiary/aromatic N) is 3. The molecule has 0 aliphatic carbocycles. The Hall–Kier alpha value is -1.69. The molecule has 2 rings (SSSR count). The van der Waals surface area contributed by atoms with Gasteiger partial charge in [-0.2, -0.15) is 0 Å². The molecule has 1 aliphatic heterocycles. The van der Waals surface area contributed by atoms with Gasteiger partial charge in [0.15, 0.2) is 11.5 Å². The summed E-state index contributed by atoms with van der Waals surface area (Å²) in [5, 5.41) is 11.7. The summed E-state index contributed by atoms with van der Waals surface area (Å²) in [5.74, 6) is 0.363. The van der Waals surface area contributed by atoms with E-state index in [1.54, 1.807) is 6.07 Å². The highest BCUT2D eigenvalue weighted by Gasteiger charge is 2.18. The number of anilines is 1. The fraction of sp³-hybridized carbons (Fsp3) is 0.667. The van der Waals surface area contributed by atoms with Crippen molar-refractivity contribution in [2.24, 2.45) is 0 Å². The number of carbonyl (C=O) groups is 1. The molecule has 0 aromatic carbocycles. The van der Waals surface area contributed by atoms with E-state index in [1.807, 2.05) is 6.07 Å². The Morgan fingerprint density at radius 2 is 2.29 bits per heavy atom. The molecule has 1 aromatic heterocycles. The van der Waals surface area contributed by atoms with Crippen molar-refractivity contribution in [2.75, 3.05) is 31.6 Å². The zero-order valence-electron chi connectivity index (χ0n) is 12.8. The molecule has 1 saturated heterocycles. The largest absolute Gasteiger partial charge is 0.464 e. The zero-order valence-corrected chi connectivity index (χ0v) is 12.8. The van der Waals surface area contributed by atoms with E-state index < -0.39 is 5.97 Å². The Morgan fingerprint density at radius 3 is 2.86 bits per heavy atom. The third-order valence-corrected chi connectivity index (χ3v) is 3.72. The van der Waals surface area contributed by atoms with E-state index in [2.05, 4.69) is 32.1 Å². The van der Waals surface area contributed by atoms with Crippen molar-refractivity contribution in [1.82, 2.24) is 15.5 Å². The van der Waals surface area contributed by atoms with E-state index >= 15 is 0 Å². The van der Waals surface area contributed by atoms with Gasteiger partial charge in [-0.05, 0) is 37.9 Å². The van der Waals surface area contributed by atoms with Crippen molar-refractivity contribution in [3.8, 4) is 0 Å². The van der Waals surface area contributed by atoms with E-state index in [0.717, 1.165) is 31.9 Å². The second-order valence-electron chi connectivity index (χ2n) is 5.36. The molecule has 0 amide bonds. The maximum absolute atomic E-state index is 11.4. The first kappa shape index (κ1) is 15.7. The van der Waals surface area contributed by atoms with Crippen LogP contribution in [-0.2, 0) is 4.74 Å². The molecule has 6 nitrogen and oxygen atoms in total. The topological polar surface area (TPSA) is 67.4 Å². The molecule has 0 spiro atoms. The minimum atomic E-state index is -0.454. The quantitative estimate of drug-likeness (QED) is 0.804. The standard InChI is InChI=1S/C15H24N4O2/c1-3-10-19(11-12-6-4-5-9-16-12)14-8-7-13(17-18-14)15(20)21-2/h7-8,12,16H,3-6,9-11H2,1-2H3. The van der Waals surface area contributed by atoms with Crippen molar-refractivity contribution in [1.29, 1.82) is 0 Å². The Labute approximate surface area is 125 Å². The highest BCUT2D eigenvalue weighted by Crippen LogP contribution is 2.15. The number of piperidine rings is 1. The van der Waals surface area contributed by atoms with Gasteiger partial charge in [0, 0.05) is 19.1 Å². The molecule has 1 N–H and O–H groups in total. The van der Waals surface area contributed by atoms with Crippen LogP contribution in [0.4, 0.5) is 5.82 Å². The number of hydrogen-bond acceptors (Lipinski definition) is 6. The number of methoxy groups -OCH3 is 1. The zero-order chi connectivity index (χ0) is 15.1. The van der Waals surface area contributed by atoms with Crippen molar-refractivity contribution < 1.29 is 9.53 Å². The lowest BCUT2D eigenvalue weighted by Gasteiger charge is -2.31. The smallest absolute Gasteiger partial charge is 0.358 e. The van der Waals surface area contributed by atoms with E-state index in [1.165, 1.54) is 26.4 Å². The molecule has 0 bridgehead atoms. The van der Waals surface area contributed by atoms with Crippen LogP contribution in [-0.4, -0.2) is 49.0 Å². The first-order valence-corrected chi connectivity index (χ1v) is 7.65. The molecule has 21 heavy (non-hydrogen) atoms. The van der Waals surface area contributed by atoms with Crippen LogP contribution >= 0.6 is 0 Å². The minimum absolute atomic E-state index is 0.244. The van der Waals surface area contributed by atoms with Crippen LogP contribution in [0.15, 0.2) is 12.1 Å². The molecular weight excluding hydrogens is 268 g/mol. The van der Waals surface area contributed by atoms with Crippen molar-refractivity contribution >= 4 is 11.8 Å². The average Bonchev–Trinajstić information content (AvgIpc) is 2.55. The summed E-state index contributed by atoms with van der Waals surface area (Å²) in [6, 6.07) is 4.02. The SMILES string of the molecule is CCCN(CC1CCCCN1)c1ccc(C(=O)OC)nn1. The predicted molar refractivity (Wildman–Crippen MR) is 81.5 cm³/mol. The number of rotatable bonds is 6. The second kappa shape index (κ2) is 7.93. The lowest BCUT2D eigenvalue weighted by atomic mass is 10.0. The van der Waals surface area contributed by atoms with Gasteiger partial charge in [0.2, 0.25) is 0 Å². The summed E-state index contributed by atoms with van der Waals surface area (Å²) < 4.78 is 4.64. The van der Waals surface area contributed by atoms with Crippen LogP contribution in [0.5, 0.6) is 0 Å². The average molecular weight is 292 g/mol. The Kier molecular flexibility index (Phi) is 5.92. The second-order valence-corrected chi connectivity index (χ2v) is 5.36. The van der Waals surface area contributed by atoms with Crippen molar-refractivity contribution in [2.45, 2.75) is 38.6 Å². The molecule has 0 radical (unpaired) electrons. The number of esters is 1. The first-order chi connectivity index (χ1) is 10.2. The van der Waals surface area contributed by atoms with Crippen LogP contribution in [0, 0.1) is 0 Å². The fourth-order valence-corrected chi connectivity index (χ4v) is 2.62. The Balaban J connectivity index is 2.04. The number of hydrogen-bond donors (Lipinski definition) is 1. The summed E-state index contributed by atoms with van der Waals surface area (Å²) in [7, 11) is 1.34. The maximum atomic E-state index is 11.4. The van der Waals surface area contributed by atoms with Crippen LogP contribution in [0.3, 0.4) is 0 Å². The summed E-state index contributed by atoms with van der Waals surface area (Å²) in [6.07, 6.45) is 4.80. The lowest BCUT2D eigenvalue weighted by Crippen LogP contribution is -2.44. The van der Waals surface area contributed by atoms with Crippen LogP contribution in [0.1, 0.15) is 43.1 Å². The van der Waals surface area contributed by atoms with E-state index in [4.69, 9.17) is 0 Å². The van der Waals surface area contributed by atoms with Crippen LogP contribution in [0.2, 0.25) is 0 Å². The molecule has 1 aromatic rings. The number of aromatic nitrogens is 2. The summed E-state index contributed by atoms with van der Waals surface area (Å²) in [5.41, 5.74) is 0.244. The number of ether oxygens (including phenoxy) is 1. The van der Waals surface area contributed by atoms with Gasteiger partial charge in [0.1, 0.15) is 0 Å². The third-order valence-electron chi connectivity index (χ3n) is 3.72. The molecule has 1 aliphatic rings. The van der Waals surface area contributed by atoms with Gasteiger partial charge in [-0.1, -0.05) is 13.3 Å². The lowest BCUT2D eigenvalue weighted by molar-refractivity contribution is 0.0592. The molecule has 1 fully saturated rings. The van der Waals surface area contributed by atoms with Crippen molar-refractivity contribution in [3.63, 3.8) is 0 Å². The van der Waals surface area contributed by atoms with Crippen molar-refractivity contribution in [3.05, 3.63) is 17.8 Å². The highest BCUT2D eigenvalue weighted by molar-refractivity contribution is 5.86.